The van der Waals surface area contributed by atoms with Crippen LogP contribution in [-0.2, 0) is 12.0 Å². The monoisotopic (exact) mass is 279 g/mol. The first-order valence-corrected chi connectivity index (χ1v) is 6.69. The Morgan fingerprint density at radius 3 is 2.33 bits per heavy atom. The summed E-state index contributed by atoms with van der Waals surface area (Å²) in [5.74, 6) is 0.0838. The summed E-state index contributed by atoms with van der Waals surface area (Å²) >= 11 is 0. The molecule has 0 radical (unpaired) electrons. The minimum atomic E-state index is -0.769. The maximum Gasteiger partial charge on any atom is 0.124 e. The van der Waals surface area contributed by atoms with Gasteiger partial charge in [-0.1, -0.05) is 42.5 Å². The summed E-state index contributed by atoms with van der Waals surface area (Å²) in [6.07, 6.45) is 0.511. The molecule has 1 aliphatic heterocycles. The third-order valence-corrected chi connectivity index (χ3v) is 3.98. The van der Waals surface area contributed by atoms with Crippen molar-refractivity contribution in [2.24, 2.45) is 11.5 Å². The number of nitrogen functional groups attached to an aromatic ring is 1. The molecule has 0 saturated heterocycles. The first-order chi connectivity index (χ1) is 10.0. The molecule has 0 saturated carbocycles. The van der Waals surface area contributed by atoms with Gasteiger partial charge in [0.25, 0.3) is 0 Å². The Morgan fingerprint density at radius 2 is 1.71 bits per heavy atom. The van der Waals surface area contributed by atoms with Gasteiger partial charge in [0.05, 0.1) is 0 Å². The maximum atomic E-state index is 8.06. The summed E-state index contributed by atoms with van der Waals surface area (Å²) in [6.45, 7) is 0. The zero-order valence-corrected chi connectivity index (χ0v) is 11.5. The minimum Gasteiger partial charge on any atom is -0.385 e. The van der Waals surface area contributed by atoms with Crippen LogP contribution in [-0.4, -0.2) is 11.7 Å². The van der Waals surface area contributed by atoms with Crippen molar-refractivity contribution in [3.8, 4) is 0 Å². The number of fused-ring (bicyclic) bond motifs is 1. The molecule has 2 aromatic carbocycles. The average Bonchev–Trinajstić information content (AvgIpc) is 2.88. The summed E-state index contributed by atoms with van der Waals surface area (Å²) in [5, 5.41) is 19.1. The van der Waals surface area contributed by atoms with Gasteiger partial charge in [-0.25, -0.2) is 0 Å². The van der Waals surface area contributed by atoms with Gasteiger partial charge >= 0.3 is 0 Å². The second kappa shape index (κ2) is 4.63. The second-order valence-corrected chi connectivity index (χ2v) is 5.23. The summed E-state index contributed by atoms with van der Waals surface area (Å²) in [5.41, 5.74) is 14.2. The highest BCUT2D eigenvalue weighted by Crippen LogP contribution is 2.40. The van der Waals surface area contributed by atoms with Crippen LogP contribution in [0.5, 0.6) is 0 Å². The molecule has 0 amide bonds. The average molecular weight is 279 g/mol. The zero-order chi connectivity index (χ0) is 15.0. The highest BCUT2D eigenvalue weighted by molar-refractivity contribution is 6.01. The number of nitrogens with one attached hydrogen (secondary N) is 3. The van der Waals surface area contributed by atoms with E-state index in [1.54, 1.807) is 0 Å². The van der Waals surface area contributed by atoms with Gasteiger partial charge in [0.15, 0.2) is 0 Å². The third-order valence-electron chi connectivity index (χ3n) is 3.98. The van der Waals surface area contributed by atoms with E-state index in [0.717, 1.165) is 16.8 Å². The van der Waals surface area contributed by atoms with E-state index in [2.05, 4.69) is 5.32 Å². The van der Waals surface area contributed by atoms with Gasteiger partial charge in [-0.05, 0) is 17.2 Å². The Kier molecular flexibility index (Phi) is 2.90. The van der Waals surface area contributed by atoms with E-state index >= 15 is 0 Å². The highest BCUT2D eigenvalue weighted by atomic mass is 15.1. The van der Waals surface area contributed by atoms with Crippen LogP contribution in [0.1, 0.15) is 16.7 Å². The number of hydrogen-bond donors (Lipinski definition) is 5. The summed E-state index contributed by atoms with van der Waals surface area (Å²) in [7, 11) is 0. The van der Waals surface area contributed by atoms with Crippen molar-refractivity contribution in [1.29, 1.82) is 10.8 Å². The molecule has 2 aromatic rings. The van der Waals surface area contributed by atoms with E-state index < -0.39 is 5.54 Å². The fraction of sp³-hybridized carbons (Fsp3) is 0.125. The van der Waals surface area contributed by atoms with Crippen molar-refractivity contribution >= 4 is 17.4 Å². The fourth-order valence-electron chi connectivity index (χ4n) is 2.90. The summed E-state index contributed by atoms with van der Waals surface area (Å²) in [4.78, 5) is 0. The Labute approximate surface area is 123 Å². The van der Waals surface area contributed by atoms with Crippen LogP contribution in [0.2, 0.25) is 0 Å². The van der Waals surface area contributed by atoms with Crippen LogP contribution in [0.4, 0.5) is 5.69 Å². The molecule has 0 fully saturated rings. The van der Waals surface area contributed by atoms with Crippen LogP contribution in [0, 0.1) is 10.8 Å². The van der Waals surface area contributed by atoms with Gasteiger partial charge < -0.3 is 16.8 Å². The van der Waals surface area contributed by atoms with E-state index in [9.17, 15) is 0 Å². The molecular formula is C16H17N5. The molecule has 106 valence electrons. The van der Waals surface area contributed by atoms with Gasteiger partial charge in [-0.2, -0.15) is 0 Å². The highest BCUT2D eigenvalue weighted by Gasteiger charge is 2.42. The lowest BCUT2D eigenvalue weighted by molar-refractivity contribution is 0.676. The molecule has 1 aliphatic rings. The van der Waals surface area contributed by atoms with Crippen molar-refractivity contribution in [1.82, 2.24) is 0 Å². The van der Waals surface area contributed by atoms with Gasteiger partial charge in [-0.15, -0.1) is 0 Å². The quantitative estimate of drug-likeness (QED) is 0.436. The molecule has 21 heavy (non-hydrogen) atoms. The van der Waals surface area contributed by atoms with Crippen molar-refractivity contribution in [2.45, 2.75) is 12.0 Å². The van der Waals surface area contributed by atoms with Crippen LogP contribution in [0.15, 0.2) is 48.5 Å². The molecule has 0 aliphatic carbocycles. The number of hydrogen-bond acceptors (Lipinski definition) is 3. The first-order valence-electron chi connectivity index (χ1n) is 6.69. The lowest BCUT2D eigenvalue weighted by atomic mass is 9.85. The Morgan fingerprint density at radius 1 is 1.00 bits per heavy atom. The molecule has 5 nitrogen and oxygen atoms in total. The molecule has 1 unspecified atom stereocenters. The molecule has 5 heteroatoms. The molecule has 0 aromatic heterocycles. The summed E-state index contributed by atoms with van der Waals surface area (Å²) in [6, 6.07) is 15.3. The Balaban J connectivity index is 2.15. The minimum absolute atomic E-state index is 0.0288. The van der Waals surface area contributed by atoms with Crippen LogP contribution < -0.4 is 16.8 Å². The van der Waals surface area contributed by atoms with Crippen LogP contribution >= 0.6 is 0 Å². The van der Waals surface area contributed by atoms with E-state index in [4.69, 9.17) is 22.3 Å². The number of anilines is 1. The number of nitrogens with two attached hydrogens (primary N) is 2. The lowest BCUT2D eigenvalue weighted by Crippen LogP contribution is -2.46. The number of rotatable bonds is 3. The standard InChI is InChI=1S/C16H17N5/c17-14(18)11-7-4-8-13-12(11)9-16(21-13,15(19)20)10-5-2-1-3-6-10/h1-8,21H,9H2,(H3,17,18)(H3,19,20). The molecule has 0 bridgehead atoms. The largest absolute Gasteiger partial charge is 0.385 e. The maximum absolute atomic E-state index is 8.06. The van der Waals surface area contributed by atoms with E-state index in [1.165, 1.54) is 0 Å². The molecular weight excluding hydrogens is 262 g/mol. The lowest BCUT2D eigenvalue weighted by Gasteiger charge is -2.29. The smallest absolute Gasteiger partial charge is 0.124 e. The van der Waals surface area contributed by atoms with Crippen LogP contribution in [0.25, 0.3) is 0 Å². The number of benzene rings is 2. The predicted octanol–water partition coefficient (Wildman–Crippen LogP) is 1.77. The zero-order valence-electron chi connectivity index (χ0n) is 11.5. The molecule has 3 rings (SSSR count). The second-order valence-electron chi connectivity index (χ2n) is 5.23. The number of amidine groups is 2. The molecule has 7 N–H and O–H groups in total. The Hall–Kier alpha value is -2.82. The van der Waals surface area contributed by atoms with E-state index in [0.29, 0.717) is 12.0 Å². The molecule has 1 atom stereocenters. The van der Waals surface area contributed by atoms with E-state index in [-0.39, 0.29) is 11.7 Å². The predicted molar refractivity (Wildman–Crippen MR) is 84.8 cm³/mol. The molecule has 1 heterocycles. The van der Waals surface area contributed by atoms with Gasteiger partial charge in [0.1, 0.15) is 17.2 Å². The molecule has 0 spiro atoms. The normalized spacial score (nSPS) is 19.6. The third kappa shape index (κ3) is 1.94. The first kappa shape index (κ1) is 13.2. The fourth-order valence-corrected chi connectivity index (χ4v) is 2.90. The van der Waals surface area contributed by atoms with Gasteiger partial charge in [0, 0.05) is 17.7 Å². The Bertz CT molecular complexity index is 723. The van der Waals surface area contributed by atoms with Crippen molar-refractivity contribution in [2.75, 3.05) is 5.32 Å². The van der Waals surface area contributed by atoms with Crippen molar-refractivity contribution in [3.63, 3.8) is 0 Å². The van der Waals surface area contributed by atoms with E-state index in [1.807, 2.05) is 48.5 Å². The van der Waals surface area contributed by atoms with Gasteiger partial charge in [-0.3, -0.25) is 10.8 Å². The summed E-state index contributed by atoms with van der Waals surface area (Å²) < 4.78 is 0. The SMILES string of the molecule is N=C(N)c1cccc2c1CC(C(=N)N)(c1ccccc1)N2. The van der Waals surface area contributed by atoms with Gasteiger partial charge in [0.2, 0.25) is 0 Å². The topological polar surface area (TPSA) is 112 Å². The van der Waals surface area contributed by atoms with Crippen LogP contribution in [0.3, 0.4) is 0 Å². The van der Waals surface area contributed by atoms with Crippen molar-refractivity contribution < 1.29 is 0 Å². The van der Waals surface area contributed by atoms with Crippen molar-refractivity contribution in [3.05, 3.63) is 65.2 Å².